The summed E-state index contributed by atoms with van der Waals surface area (Å²) in [7, 11) is -1.60. The third-order valence-corrected chi connectivity index (χ3v) is 8.20. The van der Waals surface area contributed by atoms with Crippen molar-refractivity contribution in [3.63, 3.8) is 0 Å². The van der Waals surface area contributed by atoms with Crippen LogP contribution >= 0.6 is 0 Å². The number of carbonyl (C=O) groups excluding carboxylic acids is 1. The lowest BCUT2D eigenvalue weighted by molar-refractivity contribution is 0.0686. The lowest BCUT2D eigenvalue weighted by atomic mass is 10.0. The Kier molecular flexibility index (Phi) is 6.95. The summed E-state index contributed by atoms with van der Waals surface area (Å²) in [5.41, 5.74) is 3.25. The van der Waals surface area contributed by atoms with Crippen LogP contribution in [0.3, 0.4) is 0 Å². The van der Waals surface area contributed by atoms with E-state index in [-0.39, 0.29) is 17.7 Å². The first kappa shape index (κ1) is 23.2. The minimum absolute atomic E-state index is 0.0624. The summed E-state index contributed by atoms with van der Waals surface area (Å²) in [4.78, 5) is 15.3. The summed E-state index contributed by atoms with van der Waals surface area (Å²) < 4.78 is 27.7. The minimum atomic E-state index is -3.24. The van der Waals surface area contributed by atoms with E-state index in [0.29, 0.717) is 43.7 Å². The van der Waals surface area contributed by atoms with Crippen molar-refractivity contribution < 1.29 is 13.2 Å². The predicted octanol–water partition coefficient (Wildman–Crippen LogP) is 3.48. The topological polar surface area (TPSA) is 75.5 Å². The van der Waals surface area contributed by atoms with Crippen molar-refractivity contribution in [2.75, 3.05) is 25.9 Å². The van der Waals surface area contributed by atoms with Crippen molar-refractivity contribution in [3.05, 3.63) is 78.0 Å². The van der Waals surface area contributed by atoms with Gasteiger partial charge in [0.05, 0.1) is 17.9 Å². The van der Waals surface area contributed by atoms with Crippen LogP contribution < -0.4 is 0 Å². The molecule has 0 radical (unpaired) electrons. The molecule has 1 aromatic heterocycles. The smallest absolute Gasteiger partial charge is 0.257 e. The van der Waals surface area contributed by atoms with Gasteiger partial charge in [0.2, 0.25) is 10.0 Å². The number of rotatable bonds is 7. The largest absolute Gasteiger partial charge is 0.338 e. The average Bonchev–Trinajstić information content (AvgIpc) is 3.28. The van der Waals surface area contributed by atoms with E-state index in [1.54, 1.807) is 14.0 Å². The van der Waals surface area contributed by atoms with Crippen LogP contribution in [0.25, 0.3) is 11.3 Å². The Hall–Kier alpha value is -2.97. The summed E-state index contributed by atoms with van der Waals surface area (Å²) in [5, 5.41) is 4.76. The van der Waals surface area contributed by atoms with Crippen LogP contribution in [0.15, 0.2) is 66.9 Å². The maximum Gasteiger partial charge on any atom is 0.257 e. The summed E-state index contributed by atoms with van der Waals surface area (Å²) in [5.74, 6) is 0.0246. The highest BCUT2D eigenvalue weighted by atomic mass is 32.2. The van der Waals surface area contributed by atoms with E-state index in [0.717, 1.165) is 11.1 Å². The van der Waals surface area contributed by atoms with E-state index < -0.39 is 10.0 Å². The molecular formula is C25H30N4O3S. The van der Waals surface area contributed by atoms with Gasteiger partial charge < -0.3 is 4.90 Å². The molecule has 0 saturated carbocycles. The predicted molar refractivity (Wildman–Crippen MR) is 129 cm³/mol. The summed E-state index contributed by atoms with van der Waals surface area (Å²) in [6, 6.07) is 19.7. The van der Waals surface area contributed by atoms with Gasteiger partial charge in [-0.05, 0) is 25.3 Å². The molecule has 2 heterocycles. The minimum Gasteiger partial charge on any atom is -0.338 e. The molecule has 174 valence electrons. The Labute approximate surface area is 195 Å². The van der Waals surface area contributed by atoms with Gasteiger partial charge in [0.15, 0.2) is 0 Å². The van der Waals surface area contributed by atoms with E-state index >= 15 is 0 Å². The maximum absolute atomic E-state index is 13.5. The Morgan fingerprint density at radius 2 is 1.64 bits per heavy atom. The number of hydrogen-bond donors (Lipinski definition) is 0. The normalized spacial score (nSPS) is 15.2. The second-order valence-electron chi connectivity index (χ2n) is 8.38. The van der Waals surface area contributed by atoms with Crippen molar-refractivity contribution in [1.82, 2.24) is 19.0 Å². The highest BCUT2D eigenvalue weighted by Gasteiger charge is 2.32. The Morgan fingerprint density at radius 3 is 2.24 bits per heavy atom. The van der Waals surface area contributed by atoms with Crippen LogP contribution in [0.5, 0.6) is 0 Å². The van der Waals surface area contributed by atoms with Crippen molar-refractivity contribution in [2.45, 2.75) is 32.4 Å². The molecule has 1 saturated heterocycles. The van der Waals surface area contributed by atoms with E-state index in [1.807, 2.05) is 76.4 Å². The van der Waals surface area contributed by atoms with Gasteiger partial charge in [-0.25, -0.2) is 12.7 Å². The lowest BCUT2D eigenvalue weighted by Crippen LogP contribution is -2.47. The van der Waals surface area contributed by atoms with Gasteiger partial charge in [-0.2, -0.15) is 5.10 Å². The number of aromatic nitrogens is 2. The van der Waals surface area contributed by atoms with E-state index in [1.165, 1.54) is 4.31 Å². The lowest BCUT2D eigenvalue weighted by Gasteiger charge is -2.36. The zero-order valence-electron chi connectivity index (χ0n) is 19.1. The Balaban J connectivity index is 1.55. The molecule has 1 aliphatic heterocycles. The molecule has 33 heavy (non-hydrogen) atoms. The summed E-state index contributed by atoms with van der Waals surface area (Å²) >= 11 is 0. The van der Waals surface area contributed by atoms with Crippen LogP contribution in [-0.4, -0.2) is 65.2 Å². The molecule has 1 amide bonds. The van der Waals surface area contributed by atoms with Gasteiger partial charge in [0.25, 0.3) is 5.91 Å². The summed E-state index contributed by atoms with van der Waals surface area (Å²) in [6.45, 7) is 3.27. The zero-order valence-corrected chi connectivity index (χ0v) is 19.9. The Morgan fingerprint density at radius 1 is 1.03 bits per heavy atom. The molecule has 8 heteroatoms. The molecular weight excluding hydrogens is 436 g/mol. The fraction of sp³-hybridized carbons (Fsp3) is 0.360. The number of nitrogens with zero attached hydrogens (tertiary/aromatic N) is 4. The third-order valence-electron chi connectivity index (χ3n) is 6.30. The molecule has 0 aliphatic carbocycles. The quantitative estimate of drug-likeness (QED) is 0.534. The second-order valence-corrected chi connectivity index (χ2v) is 10.7. The number of hydrogen-bond acceptors (Lipinski definition) is 4. The zero-order chi connectivity index (χ0) is 23.4. The average molecular weight is 467 g/mol. The van der Waals surface area contributed by atoms with E-state index in [4.69, 9.17) is 5.10 Å². The van der Waals surface area contributed by atoms with Gasteiger partial charge in [0, 0.05) is 37.9 Å². The number of likely N-dealkylation sites (tertiary alicyclic amines) is 1. The monoisotopic (exact) mass is 466 g/mol. The molecule has 1 fully saturated rings. The van der Waals surface area contributed by atoms with Crippen molar-refractivity contribution in [2.24, 2.45) is 0 Å². The molecule has 1 aliphatic rings. The van der Waals surface area contributed by atoms with E-state index in [9.17, 15) is 13.2 Å². The van der Waals surface area contributed by atoms with Crippen LogP contribution in [-0.2, 0) is 16.6 Å². The number of piperidine rings is 1. The molecule has 0 spiro atoms. The number of carbonyl (C=O) groups is 1. The van der Waals surface area contributed by atoms with Gasteiger partial charge in [0.1, 0.15) is 5.69 Å². The Bertz CT molecular complexity index is 1180. The maximum atomic E-state index is 13.5. The fourth-order valence-electron chi connectivity index (χ4n) is 4.27. The molecule has 0 N–H and O–H groups in total. The first-order chi connectivity index (χ1) is 15.9. The third kappa shape index (κ3) is 5.17. The highest BCUT2D eigenvalue weighted by Crippen LogP contribution is 2.26. The van der Waals surface area contributed by atoms with Gasteiger partial charge in [-0.15, -0.1) is 0 Å². The number of amides is 1. The first-order valence-electron chi connectivity index (χ1n) is 11.3. The fourth-order valence-corrected chi connectivity index (χ4v) is 5.34. The molecule has 2 aromatic carbocycles. The van der Waals surface area contributed by atoms with Crippen LogP contribution in [0.2, 0.25) is 0 Å². The summed E-state index contributed by atoms with van der Waals surface area (Å²) in [6.07, 6.45) is 3.08. The van der Waals surface area contributed by atoms with Gasteiger partial charge in [-0.3, -0.25) is 9.48 Å². The van der Waals surface area contributed by atoms with E-state index in [2.05, 4.69) is 0 Å². The van der Waals surface area contributed by atoms with Crippen LogP contribution in [0.4, 0.5) is 0 Å². The van der Waals surface area contributed by atoms with Crippen LogP contribution in [0, 0.1) is 0 Å². The molecule has 0 bridgehead atoms. The number of benzene rings is 2. The van der Waals surface area contributed by atoms with Gasteiger partial charge >= 0.3 is 0 Å². The SMILES string of the molecule is CCS(=O)(=O)N(C)C1CCN(C(=O)c2cn(Cc3ccccc3)nc2-c2ccccc2)CC1. The molecule has 7 nitrogen and oxygen atoms in total. The van der Waals surface area contributed by atoms with Crippen molar-refractivity contribution in [1.29, 1.82) is 0 Å². The molecule has 3 aromatic rings. The molecule has 4 rings (SSSR count). The first-order valence-corrected chi connectivity index (χ1v) is 12.9. The molecule has 0 atom stereocenters. The number of sulfonamides is 1. The van der Waals surface area contributed by atoms with Crippen molar-refractivity contribution in [3.8, 4) is 11.3 Å². The standard InChI is InChI=1S/C25H30N4O3S/c1-3-33(31,32)27(2)22-14-16-28(17-15-22)25(30)23-19-29(18-20-10-6-4-7-11-20)26-24(23)21-12-8-5-9-13-21/h4-13,19,22H,3,14-18H2,1-2H3. The molecule has 0 unspecified atom stereocenters. The van der Waals surface area contributed by atoms with Gasteiger partial charge in [-0.1, -0.05) is 60.7 Å². The second kappa shape index (κ2) is 9.89. The van der Waals surface area contributed by atoms with Crippen molar-refractivity contribution >= 4 is 15.9 Å². The highest BCUT2D eigenvalue weighted by molar-refractivity contribution is 7.89. The van der Waals surface area contributed by atoms with Crippen LogP contribution in [0.1, 0.15) is 35.7 Å².